The predicted octanol–water partition coefficient (Wildman–Crippen LogP) is 2.57. The summed E-state index contributed by atoms with van der Waals surface area (Å²) in [6, 6.07) is 0. The molecule has 0 saturated heterocycles. The van der Waals surface area contributed by atoms with Crippen molar-refractivity contribution in [2.75, 3.05) is 18.0 Å². The molecule has 1 aromatic heterocycles. The number of hydrogen-bond acceptors (Lipinski definition) is 4. The van der Waals surface area contributed by atoms with E-state index in [1.807, 2.05) is 0 Å². The molecule has 0 atom stereocenters. The summed E-state index contributed by atoms with van der Waals surface area (Å²) in [5.41, 5.74) is 0.406. The van der Waals surface area contributed by atoms with E-state index in [1.165, 1.54) is 19.2 Å². The Morgan fingerprint density at radius 1 is 1.53 bits per heavy atom. The Bertz CT molecular complexity index is 407. The fraction of sp³-hybridized carbons (Fsp3) is 0.583. The molecule has 4 nitrogen and oxygen atoms in total. The minimum Gasteiger partial charge on any atom is -0.356 e. The SMILES string of the molecule is CCCN(CC1CC1)c1ncnc(Cl)c1C=O. The van der Waals surface area contributed by atoms with E-state index < -0.39 is 0 Å². The van der Waals surface area contributed by atoms with Crippen molar-refractivity contribution in [1.29, 1.82) is 0 Å². The molecule has 1 saturated carbocycles. The van der Waals surface area contributed by atoms with Crippen molar-refractivity contribution < 1.29 is 4.79 Å². The molecule has 0 spiro atoms. The van der Waals surface area contributed by atoms with Gasteiger partial charge < -0.3 is 4.90 Å². The number of carbonyl (C=O) groups excluding carboxylic acids is 1. The van der Waals surface area contributed by atoms with Gasteiger partial charge in [-0.15, -0.1) is 0 Å². The fourth-order valence-electron chi connectivity index (χ4n) is 1.88. The van der Waals surface area contributed by atoms with Crippen LogP contribution in [0, 0.1) is 5.92 Å². The van der Waals surface area contributed by atoms with Crippen molar-refractivity contribution in [1.82, 2.24) is 9.97 Å². The van der Waals surface area contributed by atoms with E-state index in [0.29, 0.717) is 11.4 Å². The van der Waals surface area contributed by atoms with Gasteiger partial charge in [-0.2, -0.15) is 0 Å². The van der Waals surface area contributed by atoms with Crippen LogP contribution < -0.4 is 4.90 Å². The first-order valence-electron chi connectivity index (χ1n) is 5.96. The zero-order chi connectivity index (χ0) is 12.3. The van der Waals surface area contributed by atoms with E-state index in [9.17, 15) is 4.79 Å². The Kier molecular flexibility index (Phi) is 3.94. The van der Waals surface area contributed by atoms with E-state index in [0.717, 1.165) is 31.7 Å². The third-order valence-corrected chi connectivity index (χ3v) is 3.20. The third kappa shape index (κ3) is 2.94. The van der Waals surface area contributed by atoms with Crippen LogP contribution in [0.5, 0.6) is 0 Å². The highest BCUT2D eigenvalue weighted by molar-refractivity contribution is 6.32. The molecule has 0 radical (unpaired) electrons. The number of rotatable bonds is 6. The molecule has 2 rings (SSSR count). The highest BCUT2D eigenvalue weighted by atomic mass is 35.5. The molecule has 0 N–H and O–H groups in total. The molecule has 1 aromatic rings. The average Bonchev–Trinajstić information content (AvgIpc) is 3.12. The van der Waals surface area contributed by atoms with Crippen LogP contribution in [0.4, 0.5) is 5.82 Å². The maximum absolute atomic E-state index is 11.1. The summed E-state index contributed by atoms with van der Waals surface area (Å²) in [6.45, 7) is 3.97. The lowest BCUT2D eigenvalue weighted by atomic mass is 10.2. The molecule has 1 fully saturated rings. The van der Waals surface area contributed by atoms with Gasteiger partial charge in [0.15, 0.2) is 6.29 Å². The fourth-order valence-corrected chi connectivity index (χ4v) is 2.06. The number of aromatic nitrogens is 2. The Balaban J connectivity index is 2.26. The van der Waals surface area contributed by atoms with Crippen molar-refractivity contribution in [2.24, 2.45) is 5.92 Å². The number of carbonyl (C=O) groups is 1. The molecule has 0 bridgehead atoms. The van der Waals surface area contributed by atoms with Gasteiger partial charge in [-0.3, -0.25) is 4.79 Å². The van der Waals surface area contributed by atoms with E-state index in [1.54, 1.807) is 0 Å². The van der Waals surface area contributed by atoms with Crippen LogP contribution in [0.1, 0.15) is 36.5 Å². The van der Waals surface area contributed by atoms with Gasteiger partial charge in [0.1, 0.15) is 17.3 Å². The summed E-state index contributed by atoms with van der Waals surface area (Å²) in [6.07, 6.45) is 5.73. The Morgan fingerprint density at radius 3 is 2.88 bits per heavy atom. The number of nitrogens with zero attached hydrogens (tertiary/aromatic N) is 3. The molecule has 17 heavy (non-hydrogen) atoms. The van der Waals surface area contributed by atoms with Gasteiger partial charge in [-0.1, -0.05) is 18.5 Å². The summed E-state index contributed by atoms with van der Waals surface area (Å²) >= 11 is 5.92. The van der Waals surface area contributed by atoms with Crippen LogP contribution in [0.15, 0.2) is 6.33 Å². The molecule has 1 aliphatic rings. The first kappa shape index (κ1) is 12.3. The van der Waals surface area contributed by atoms with E-state index in [-0.39, 0.29) is 5.15 Å². The van der Waals surface area contributed by atoms with Crippen LogP contribution in [-0.2, 0) is 0 Å². The van der Waals surface area contributed by atoms with Gasteiger partial charge in [0.25, 0.3) is 0 Å². The Hall–Kier alpha value is -1.16. The van der Waals surface area contributed by atoms with Crippen LogP contribution in [0.25, 0.3) is 0 Å². The first-order valence-corrected chi connectivity index (χ1v) is 6.34. The van der Waals surface area contributed by atoms with Crippen molar-refractivity contribution >= 4 is 23.7 Å². The molecule has 0 aromatic carbocycles. The average molecular weight is 254 g/mol. The summed E-state index contributed by atoms with van der Waals surface area (Å²) < 4.78 is 0. The highest BCUT2D eigenvalue weighted by Crippen LogP contribution is 2.32. The summed E-state index contributed by atoms with van der Waals surface area (Å²) in [5.74, 6) is 1.42. The quantitative estimate of drug-likeness (QED) is 0.577. The Morgan fingerprint density at radius 2 is 2.29 bits per heavy atom. The van der Waals surface area contributed by atoms with Crippen LogP contribution in [0.3, 0.4) is 0 Å². The summed E-state index contributed by atoms with van der Waals surface area (Å²) in [4.78, 5) is 21.3. The molecule has 1 heterocycles. The van der Waals surface area contributed by atoms with Crippen molar-refractivity contribution in [3.63, 3.8) is 0 Å². The van der Waals surface area contributed by atoms with Crippen molar-refractivity contribution in [2.45, 2.75) is 26.2 Å². The Labute approximate surface area is 106 Å². The maximum atomic E-state index is 11.1. The predicted molar refractivity (Wildman–Crippen MR) is 67.7 cm³/mol. The molecule has 0 amide bonds. The molecule has 0 unspecified atom stereocenters. The molecule has 5 heteroatoms. The van der Waals surface area contributed by atoms with E-state index >= 15 is 0 Å². The van der Waals surface area contributed by atoms with E-state index in [4.69, 9.17) is 11.6 Å². The standard InChI is InChI=1S/C12H16ClN3O/c1-2-5-16(6-9-3-4-9)12-10(7-17)11(13)14-8-15-12/h7-9H,2-6H2,1H3. The van der Waals surface area contributed by atoms with Crippen molar-refractivity contribution in [3.05, 3.63) is 17.0 Å². The van der Waals surface area contributed by atoms with Crippen LogP contribution in [0.2, 0.25) is 5.15 Å². The van der Waals surface area contributed by atoms with Gasteiger partial charge in [0, 0.05) is 13.1 Å². The third-order valence-electron chi connectivity index (χ3n) is 2.90. The highest BCUT2D eigenvalue weighted by Gasteiger charge is 2.26. The number of anilines is 1. The maximum Gasteiger partial charge on any atom is 0.156 e. The second-order valence-electron chi connectivity index (χ2n) is 4.41. The van der Waals surface area contributed by atoms with Crippen LogP contribution >= 0.6 is 11.6 Å². The zero-order valence-corrected chi connectivity index (χ0v) is 10.7. The van der Waals surface area contributed by atoms with Gasteiger partial charge in [-0.05, 0) is 25.2 Å². The first-order chi connectivity index (χ1) is 8.26. The van der Waals surface area contributed by atoms with Crippen LogP contribution in [-0.4, -0.2) is 29.3 Å². The van der Waals surface area contributed by atoms with Gasteiger partial charge in [0.05, 0.1) is 5.56 Å². The zero-order valence-electron chi connectivity index (χ0n) is 9.90. The largest absolute Gasteiger partial charge is 0.356 e. The lowest BCUT2D eigenvalue weighted by molar-refractivity contribution is 0.112. The van der Waals surface area contributed by atoms with Crippen molar-refractivity contribution in [3.8, 4) is 0 Å². The van der Waals surface area contributed by atoms with E-state index in [2.05, 4.69) is 21.8 Å². The molecule has 1 aliphatic carbocycles. The second-order valence-corrected chi connectivity index (χ2v) is 4.77. The molecule has 0 aliphatic heterocycles. The molecule has 92 valence electrons. The summed E-state index contributed by atoms with van der Waals surface area (Å²) in [7, 11) is 0. The monoisotopic (exact) mass is 253 g/mol. The lowest BCUT2D eigenvalue weighted by Crippen LogP contribution is -2.28. The molecular weight excluding hydrogens is 238 g/mol. The van der Waals surface area contributed by atoms with Gasteiger partial charge in [-0.25, -0.2) is 9.97 Å². The number of aldehydes is 1. The van der Waals surface area contributed by atoms with Gasteiger partial charge >= 0.3 is 0 Å². The minimum atomic E-state index is 0.238. The normalized spacial score (nSPS) is 14.7. The summed E-state index contributed by atoms with van der Waals surface area (Å²) in [5, 5.41) is 0.238. The lowest BCUT2D eigenvalue weighted by Gasteiger charge is -2.24. The topological polar surface area (TPSA) is 46.1 Å². The van der Waals surface area contributed by atoms with Gasteiger partial charge in [0.2, 0.25) is 0 Å². The minimum absolute atomic E-state index is 0.238. The second kappa shape index (κ2) is 5.45. The smallest absolute Gasteiger partial charge is 0.156 e. The number of hydrogen-bond donors (Lipinski definition) is 0. The number of halogens is 1. The molecular formula is C12H16ClN3O.